The van der Waals surface area contributed by atoms with Gasteiger partial charge in [-0.15, -0.1) is 6.58 Å². The Morgan fingerprint density at radius 3 is 1.89 bits per heavy atom. The van der Waals surface area contributed by atoms with Crippen molar-refractivity contribution in [2.75, 3.05) is 7.11 Å². The van der Waals surface area contributed by atoms with E-state index in [1.807, 2.05) is 79.4 Å². The van der Waals surface area contributed by atoms with E-state index in [2.05, 4.69) is 30.8 Å². The minimum atomic E-state index is -2.68. The lowest BCUT2D eigenvalue weighted by molar-refractivity contribution is 0.394. The molecule has 0 spiro atoms. The molecule has 0 amide bonds. The molecule has 3 aromatic rings. The summed E-state index contributed by atoms with van der Waals surface area (Å²) in [5, 5.41) is 2.29. The van der Waals surface area contributed by atoms with E-state index in [-0.39, 0.29) is 0 Å². The second-order valence-electron chi connectivity index (χ2n) is 6.18. The molecule has 0 saturated heterocycles. The molecule has 27 heavy (non-hydrogen) atoms. The number of hydrogen-bond donors (Lipinski definition) is 0. The molecule has 136 valence electrons. The Morgan fingerprint density at radius 2 is 1.41 bits per heavy atom. The number of benzene rings is 3. The molecule has 3 aromatic carbocycles. The van der Waals surface area contributed by atoms with Crippen molar-refractivity contribution in [3.63, 3.8) is 0 Å². The summed E-state index contributed by atoms with van der Waals surface area (Å²) in [6.45, 7) is 6.17. The normalized spacial score (nSPS) is 11.3. The standard InChI is InChI=1S/C24H24O2Si/c1-4-12-20-17-18-23(24(19-20)25-3)26-27(5-2,21-13-8-6-9-14-21)22-15-10-7-11-16-22/h4-19H,2H2,1,3H3/b12-4+. The van der Waals surface area contributed by atoms with Crippen LogP contribution in [0.15, 0.2) is 97.2 Å². The van der Waals surface area contributed by atoms with Gasteiger partial charge in [-0.1, -0.05) is 84.6 Å². The molecule has 0 bridgehead atoms. The molecule has 0 saturated carbocycles. The quantitative estimate of drug-likeness (QED) is 0.565. The van der Waals surface area contributed by atoms with Crippen molar-refractivity contribution in [3.05, 3.63) is 103 Å². The van der Waals surface area contributed by atoms with E-state index in [0.717, 1.165) is 27.4 Å². The van der Waals surface area contributed by atoms with E-state index < -0.39 is 8.32 Å². The first-order valence-corrected chi connectivity index (χ1v) is 11.0. The zero-order valence-electron chi connectivity index (χ0n) is 15.8. The van der Waals surface area contributed by atoms with Crippen molar-refractivity contribution < 1.29 is 9.16 Å². The highest BCUT2D eigenvalue weighted by Gasteiger charge is 2.39. The lowest BCUT2D eigenvalue weighted by Crippen LogP contribution is -2.62. The van der Waals surface area contributed by atoms with Crippen LogP contribution in [0.2, 0.25) is 0 Å². The van der Waals surface area contributed by atoms with Crippen molar-refractivity contribution in [2.24, 2.45) is 0 Å². The maximum Gasteiger partial charge on any atom is 0.339 e. The Balaban J connectivity index is 2.14. The van der Waals surface area contributed by atoms with E-state index in [0.29, 0.717) is 0 Å². The highest BCUT2D eigenvalue weighted by atomic mass is 28.4. The van der Waals surface area contributed by atoms with Crippen molar-refractivity contribution in [1.29, 1.82) is 0 Å². The van der Waals surface area contributed by atoms with Crippen LogP contribution in [0.5, 0.6) is 11.5 Å². The van der Waals surface area contributed by atoms with Crippen LogP contribution in [0.3, 0.4) is 0 Å². The van der Waals surface area contributed by atoms with Crippen LogP contribution in [0.4, 0.5) is 0 Å². The monoisotopic (exact) mass is 372 g/mol. The van der Waals surface area contributed by atoms with Crippen molar-refractivity contribution in [2.45, 2.75) is 6.92 Å². The summed E-state index contributed by atoms with van der Waals surface area (Å²) >= 11 is 0. The van der Waals surface area contributed by atoms with Gasteiger partial charge in [0.15, 0.2) is 5.75 Å². The van der Waals surface area contributed by atoms with E-state index in [4.69, 9.17) is 9.16 Å². The Labute approximate surface area is 162 Å². The number of methoxy groups -OCH3 is 1. The van der Waals surface area contributed by atoms with E-state index in [9.17, 15) is 0 Å². The first-order valence-electron chi connectivity index (χ1n) is 8.98. The predicted octanol–water partition coefficient (Wildman–Crippen LogP) is 4.59. The Kier molecular flexibility index (Phi) is 5.94. The smallest absolute Gasteiger partial charge is 0.339 e. The molecule has 0 N–H and O–H groups in total. The van der Waals surface area contributed by atoms with Gasteiger partial charge >= 0.3 is 8.32 Å². The van der Waals surface area contributed by atoms with E-state index in [1.54, 1.807) is 7.11 Å². The van der Waals surface area contributed by atoms with Gasteiger partial charge in [0.1, 0.15) is 5.75 Å². The maximum atomic E-state index is 6.75. The maximum absolute atomic E-state index is 6.75. The second kappa shape index (κ2) is 8.56. The summed E-state index contributed by atoms with van der Waals surface area (Å²) in [6, 6.07) is 26.7. The molecule has 0 aromatic heterocycles. The fourth-order valence-corrected chi connectivity index (χ4v) is 6.19. The van der Waals surface area contributed by atoms with E-state index >= 15 is 0 Å². The molecular formula is C24H24O2Si. The average Bonchev–Trinajstić information content (AvgIpc) is 2.74. The Bertz CT molecular complexity index is 878. The van der Waals surface area contributed by atoms with E-state index in [1.165, 1.54) is 0 Å². The van der Waals surface area contributed by atoms with Crippen LogP contribution in [0.1, 0.15) is 12.5 Å². The zero-order valence-corrected chi connectivity index (χ0v) is 16.8. The van der Waals surface area contributed by atoms with Gasteiger partial charge in [-0.25, -0.2) is 0 Å². The van der Waals surface area contributed by atoms with Gasteiger partial charge in [-0.05, 0) is 35.0 Å². The van der Waals surface area contributed by atoms with Crippen LogP contribution in [-0.2, 0) is 0 Å². The molecule has 0 aliphatic heterocycles. The minimum Gasteiger partial charge on any atom is -0.528 e. The molecule has 0 aliphatic carbocycles. The Morgan fingerprint density at radius 1 is 0.815 bits per heavy atom. The summed E-state index contributed by atoms with van der Waals surface area (Å²) in [7, 11) is -1.01. The molecule has 0 atom stereocenters. The average molecular weight is 373 g/mol. The molecular weight excluding hydrogens is 348 g/mol. The number of hydrogen-bond acceptors (Lipinski definition) is 2. The summed E-state index contributed by atoms with van der Waals surface area (Å²) in [5.74, 6) is 1.45. The summed E-state index contributed by atoms with van der Waals surface area (Å²) < 4.78 is 12.4. The van der Waals surface area contributed by atoms with Crippen LogP contribution in [-0.4, -0.2) is 15.4 Å². The van der Waals surface area contributed by atoms with Gasteiger partial charge in [0.2, 0.25) is 0 Å². The summed E-state index contributed by atoms with van der Waals surface area (Å²) in [5.41, 5.74) is 3.06. The predicted molar refractivity (Wildman–Crippen MR) is 116 cm³/mol. The highest BCUT2D eigenvalue weighted by Crippen LogP contribution is 2.31. The molecule has 0 radical (unpaired) electrons. The van der Waals surface area contributed by atoms with Crippen molar-refractivity contribution >= 4 is 24.8 Å². The third-order valence-corrected chi connectivity index (χ3v) is 8.01. The van der Waals surface area contributed by atoms with Gasteiger partial charge < -0.3 is 9.16 Å². The molecule has 3 heteroatoms. The van der Waals surface area contributed by atoms with Crippen LogP contribution >= 0.6 is 0 Å². The fourth-order valence-electron chi connectivity index (χ4n) is 3.17. The first-order chi connectivity index (χ1) is 13.2. The van der Waals surface area contributed by atoms with Gasteiger partial charge in [0.05, 0.1) is 7.11 Å². The molecule has 0 aliphatic rings. The topological polar surface area (TPSA) is 18.5 Å². The SMILES string of the molecule is C=C[Si](Oc1ccc(/C=C/C)cc1OC)(c1ccccc1)c1ccccc1. The number of allylic oxidation sites excluding steroid dienone is 1. The van der Waals surface area contributed by atoms with Crippen molar-refractivity contribution in [1.82, 2.24) is 0 Å². The van der Waals surface area contributed by atoms with Gasteiger partial charge in [-0.2, -0.15) is 0 Å². The van der Waals surface area contributed by atoms with Crippen LogP contribution in [0, 0.1) is 0 Å². The minimum absolute atomic E-state index is 0.719. The summed E-state index contributed by atoms with van der Waals surface area (Å²) in [6.07, 6.45) is 4.05. The van der Waals surface area contributed by atoms with Crippen LogP contribution in [0.25, 0.3) is 6.08 Å². The largest absolute Gasteiger partial charge is 0.528 e. The van der Waals surface area contributed by atoms with Gasteiger partial charge in [0, 0.05) is 0 Å². The molecule has 3 rings (SSSR count). The van der Waals surface area contributed by atoms with Gasteiger partial charge in [0.25, 0.3) is 0 Å². The van der Waals surface area contributed by atoms with Crippen LogP contribution < -0.4 is 19.5 Å². The van der Waals surface area contributed by atoms with Gasteiger partial charge in [-0.3, -0.25) is 0 Å². The highest BCUT2D eigenvalue weighted by molar-refractivity contribution is 7.01. The summed E-state index contributed by atoms with van der Waals surface area (Å²) in [4.78, 5) is 0. The number of rotatable bonds is 7. The fraction of sp³-hybridized carbons (Fsp3) is 0.0833. The lowest BCUT2D eigenvalue weighted by Gasteiger charge is -2.30. The Hall–Kier alpha value is -3.04. The first kappa shape index (κ1) is 18.7. The third kappa shape index (κ3) is 3.88. The molecule has 0 heterocycles. The molecule has 0 fully saturated rings. The molecule has 0 unspecified atom stereocenters. The zero-order chi connectivity index (χ0) is 19.1. The lowest BCUT2D eigenvalue weighted by atomic mass is 10.2. The third-order valence-electron chi connectivity index (χ3n) is 4.51. The second-order valence-corrected chi connectivity index (χ2v) is 9.42. The van der Waals surface area contributed by atoms with Crippen molar-refractivity contribution in [3.8, 4) is 11.5 Å². The molecule has 2 nitrogen and oxygen atoms in total. The number of ether oxygens (including phenoxy) is 1.